The number of halogens is 1. The summed E-state index contributed by atoms with van der Waals surface area (Å²) in [4.78, 5) is 24.6. The van der Waals surface area contributed by atoms with E-state index in [4.69, 9.17) is 13.9 Å². The van der Waals surface area contributed by atoms with E-state index in [1.165, 1.54) is 14.0 Å². The van der Waals surface area contributed by atoms with Crippen LogP contribution in [-0.4, -0.2) is 43.8 Å². The molecule has 1 aliphatic rings. The van der Waals surface area contributed by atoms with Crippen LogP contribution < -0.4 is 10.2 Å². The molecule has 0 bridgehead atoms. The van der Waals surface area contributed by atoms with Crippen molar-refractivity contribution in [3.63, 3.8) is 0 Å². The van der Waals surface area contributed by atoms with Gasteiger partial charge in [-0.05, 0) is 34.1 Å². The zero-order valence-corrected chi connectivity index (χ0v) is 21.0. The van der Waals surface area contributed by atoms with Crippen molar-refractivity contribution in [2.75, 3.05) is 13.7 Å². The molecular formula is C20H32BrNO6Si. The lowest BCUT2D eigenvalue weighted by Gasteiger charge is -2.48. The molecule has 0 saturated carbocycles. The van der Waals surface area contributed by atoms with Crippen LogP contribution in [0.4, 0.5) is 0 Å². The van der Waals surface area contributed by atoms with Gasteiger partial charge in [0.05, 0.1) is 23.1 Å². The Labute approximate surface area is 181 Å². The number of fused-ring (bicyclic) bond motifs is 1. The molecule has 0 aromatic carbocycles. The maximum absolute atomic E-state index is 12.6. The van der Waals surface area contributed by atoms with Gasteiger partial charge in [0.1, 0.15) is 5.69 Å². The summed E-state index contributed by atoms with van der Waals surface area (Å²) in [7, 11) is -0.721. The summed E-state index contributed by atoms with van der Waals surface area (Å²) < 4.78 is 19.5. The number of esters is 1. The maximum Gasteiger partial charge on any atom is 0.303 e. The molecular weight excluding hydrogens is 458 g/mol. The predicted octanol–water partition coefficient (Wildman–Crippen LogP) is 3.63. The number of aromatic nitrogens is 1. The van der Waals surface area contributed by atoms with E-state index in [0.717, 1.165) is 0 Å². The minimum atomic E-state index is -2.13. The smallest absolute Gasteiger partial charge is 0.303 e. The third kappa shape index (κ3) is 4.47. The first kappa shape index (κ1) is 24.1. The van der Waals surface area contributed by atoms with Crippen LogP contribution in [0.25, 0.3) is 0 Å². The molecule has 1 aliphatic heterocycles. The van der Waals surface area contributed by atoms with Crippen molar-refractivity contribution in [2.45, 2.75) is 71.5 Å². The van der Waals surface area contributed by atoms with Crippen molar-refractivity contribution < 1.29 is 23.8 Å². The second kappa shape index (κ2) is 8.17. The van der Waals surface area contributed by atoms with Gasteiger partial charge in [0, 0.05) is 26.3 Å². The lowest BCUT2D eigenvalue weighted by molar-refractivity contribution is -0.171. The minimum absolute atomic E-state index is 0.0166. The topological polar surface area (TPSA) is 87.0 Å². The van der Waals surface area contributed by atoms with Crippen molar-refractivity contribution >= 4 is 30.2 Å². The number of aliphatic hydroxyl groups excluding tert-OH is 1. The van der Waals surface area contributed by atoms with Gasteiger partial charge in [-0.2, -0.15) is 0 Å². The van der Waals surface area contributed by atoms with E-state index in [0.29, 0.717) is 10.2 Å². The largest absolute Gasteiger partial charge is 0.491 e. The molecule has 0 saturated heterocycles. The van der Waals surface area contributed by atoms with Gasteiger partial charge in [-0.3, -0.25) is 9.59 Å². The molecule has 3 atom stereocenters. The molecule has 2 rings (SSSR count). The molecule has 7 nitrogen and oxygen atoms in total. The normalized spacial score (nSPS) is 24.8. The number of pyridine rings is 1. The molecule has 0 radical (unpaired) electrons. The van der Waals surface area contributed by atoms with Gasteiger partial charge < -0.3 is 23.6 Å². The highest BCUT2D eigenvalue weighted by molar-refractivity contribution is 9.10. The molecule has 29 heavy (non-hydrogen) atoms. The fourth-order valence-corrected chi connectivity index (χ4v) is 4.73. The molecule has 164 valence electrons. The first-order valence-corrected chi connectivity index (χ1v) is 13.3. The Bertz CT molecular complexity index is 847. The molecule has 2 heterocycles. The highest BCUT2D eigenvalue weighted by Gasteiger charge is 2.52. The fourth-order valence-electron chi connectivity index (χ4n) is 3.20. The SMILES string of the molecule is COc1c2n(cc(Br)c1=O)CC(O)C(C)(CO[Si](C)(C)C(C)(C)C)C2OC(C)=O. The second-order valence-corrected chi connectivity index (χ2v) is 15.1. The minimum Gasteiger partial charge on any atom is -0.491 e. The maximum atomic E-state index is 12.6. The Kier molecular flexibility index (Phi) is 6.79. The molecule has 9 heteroatoms. The van der Waals surface area contributed by atoms with Crippen molar-refractivity contribution in [2.24, 2.45) is 5.41 Å². The van der Waals surface area contributed by atoms with Crippen LogP contribution in [0.3, 0.4) is 0 Å². The number of ether oxygens (including phenoxy) is 2. The Balaban J connectivity index is 2.60. The van der Waals surface area contributed by atoms with E-state index in [1.54, 1.807) is 10.8 Å². The highest BCUT2D eigenvalue weighted by Crippen LogP contribution is 2.48. The summed E-state index contributed by atoms with van der Waals surface area (Å²) in [5, 5.41) is 11.1. The molecule has 1 N–H and O–H groups in total. The first-order chi connectivity index (χ1) is 13.2. The molecule has 0 fully saturated rings. The molecule has 1 aromatic heterocycles. The fraction of sp³-hybridized carbons (Fsp3) is 0.700. The van der Waals surface area contributed by atoms with Crippen molar-refractivity contribution in [3.05, 3.63) is 26.6 Å². The van der Waals surface area contributed by atoms with Crippen LogP contribution in [0.2, 0.25) is 18.1 Å². The lowest BCUT2D eigenvalue weighted by Crippen LogP contribution is -2.53. The number of hydrogen-bond donors (Lipinski definition) is 1. The number of hydrogen-bond acceptors (Lipinski definition) is 6. The summed E-state index contributed by atoms with van der Waals surface area (Å²) >= 11 is 3.24. The molecule has 1 aromatic rings. The molecule has 0 amide bonds. The number of aliphatic hydroxyl groups is 1. The summed E-state index contributed by atoms with van der Waals surface area (Å²) in [6.45, 7) is 14.2. The third-order valence-electron chi connectivity index (χ3n) is 6.25. The lowest BCUT2D eigenvalue weighted by atomic mass is 9.75. The van der Waals surface area contributed by atoms with E-state index < -0.39 is 31.9 Å². The summed E-state index contributed by atoms with van der Waals surface area (Å²) in [5.74, 6) is -0.414. The van der Waals surface area contributed by atoms with E-state index in [2.05, 4.69) is 49.8 Å². The number of carbonyl (C=O) groups is 1. The number of nitrogens with zero attached hydrogens (tertiary/aromatic N) is 1. The Hall–Kier alpha value is -1.16. The molecule has 0 spiro atoms. The standard InChI is InChI=1S/C20H32BrNO6Si/c1-12(23)28-18-15-17(26-6)16(25)13(21)9-22(15)10-14(24)20(18,5)11-27-29(7,8)19(2,3)4/h9,14,18,24H,10-11H2,1-8H3. The first-order valence-electron chi connectivity index (χ1n) is 9.61. The van der Waals surface area contributed by atoms with E-state index in [-0.39, 0.29) is 29.4 Å². The van der Waals surface area contributed by atoms with Gasteiger partial charge in [-0.15, -0.1) is 0 Å². The van der Waals surface area contributed by atoms with Crippen molar-refractivity contribution in [1.29, 1.82) is 0 Å². The number of carbonyl (C=O) groups excluding carboxylic acids is 1. The van der Waals surface area contributed by atoms with Gasteiger partial charge in [0.2, 0.25) is 5.43 Å². The zero-order chi connectivity index (χ0) is 22.4. The van der Waals surface area contributed by atoms with Crippen molar-refractivity contribution in [3.8, 4) is 5.75 Å². The third-order valence-corrected chi connectivity index (χ3v) is 11.3. The number of methoxy groups -OCH3 is 1. The van der Waals surface area contributed by atoms with Crippen LogP contribution in [0, 0.1) is 5.41 Å². The van der Waals surface area contributed by atoms with Crippen LogP contribution in [0.15, 0.2) is 15.5 Å². The van der Waals surface area contributed by atoms with Crippen LogP contribution >= 0.6 is 15.9 Å². The summed E-state index contributed by atoms with van der Waals surface area (Å²) in [6.07, 6.45) is -0.165. The summed E-state index contributed by atoms with van der Waals surface area (Å²) in [6, 6.07) is 0. The van der Waals surface area contributed by atoms with Crippen LogP contribution in [-0.2, 0) is 20.5 Å². The average Bonchev–Trinajstić information content (AvgIpc) is 2.58. The van der Waals surface area contributed by atoms with Crippen LogP contribution in [0.5, 0.6) is 5.75 Å². The van der Waals surface area contributed by atoms with Gasteiger partial charge in [-0.25, -0.2) is 0 Å². The average molecular weight is 490 g/mol. The molecule has 3 unspecified atom stereocenters. The quantitative estimate of drug-likeness (QED) is 0.501. The Morgan fingerprint density at radius 2 is 2.00 bits per heavy atom. The van der Waals surface area contributed by atoms with Crippen molar-refractivity contribution in [1.82, 2.24) is 4.57 Å². The predicted molar refractivity (Wildman–Crippen MR) is 117 cm³/mol. The Morgan fingerprint density at radius 3 is 2.48 bits per heavy atom. The second-order valence-electron chi connectivity index (χ2n) is 9.44. The van der Waals surface area contributed by atoms with Gasteiger partial charge in [-0.1, -0.05) is 27.7 Å². The van der Waals surface area contributed by atoms with Gasteiger partial charge >= 0.3 is 5.97 Å². The number of rotatable bonds is 5. The van der Waals surface area contributed by atoms with Gasteiger partial charge in [0.25, 0.3) is 0 Å². The monoisotopic (exact) mass is 489 g/mol. The van der Waals surface area contributed by atoms with Gasteiger partial charge in [0.15, 0.2) is 20.2 Å². The Morgan fingerprint density at radius 1 is 1.41 bits per heavy atom. The zero-order valence-electron chi connectivity index (χ0n) is 18.5. The van der Waals surface area contributed by atoms with E-state index >= 15 is 0 Å². The molecule has 0 aliphatic carbocycles. The summed E-state index contributed by atoms with van der Waals surface area (Å²) in [5.41, 5.74) is -0.850. The van der Waals surface area contributed by atoms with Crippen LogP contribution in [0.1, 0.15) is 46.4 Å². The highest BCUT2D eigenvalue weighted by atomic mass is 79.9. The van der Waals surface area contributed by atoms with E-state index in [1.807, 2.05) is 6.92 Å². The van der Waals surface area contributed by atoms with E-state index in [9.17, 15) is 14.7 Å².